The van der Waals surface area contributed by atoms with Crippen LogP contribution in [0, 0.1) is 11.6 Å². The van der Waals surface area contributed by atoms with E-state index in [0.717, 1.165) is 6.42 Å². The zero-order valence-corrected chi connectivity index (χ0v) is 17.8. The summed E-state index contributed by atoms with van der Waals surface area (Å²) in [6, 6.07) is 16.6. The molecule has 1 aliphatic heterocycles. The summed E-state index contributed by atoms with van der Waals surface area (Å²) in [5.41, 5.74) is 1.92. The summed E-state index contributed by atoms with van der Waals surface area (Å²) < 4.78 is 27.3. The SMILES string of the molecule is O=C(Nc1ccc(N2CCCN(Cc3cccc(Cl)c3F)C2=O)cc1)c1ccc(F)cc1. The number of halogens is 3. The van der Waals surface area contributed by atoms with Crippen molar-refractivity contribution < 1.29 is 18.4 Å². The third-order valence-electron chi connectivity index (χ3n) is 5.25. The third-order valence-corrected chi connectivity index (χ3v) is 5.54. The maximum Gasteiger partial charge on any atom is 0.324 e. The number of hydrogen-bond donors (Lipinski definition) is 1. The highest BCUT2D eigenvalue weighted by Crippen LogP contribution is 2.25. The van der Waals surface area contributed by atoms with Crippen molar-refractivity contribution >= 4 is 34.9 Å². The average Bonchev–Trinajstić information content (AvgIpc) is 2.79. The minimum Gasteiger partial charge on any atom is -0.322 e. The van der Waals surface area contributed by atoms with E-state index >= 15 is 0 Å². The molecule has 0 unspecified atom stereocenters. The first-order valence-electron chi connectivity index (χ1n) is 10.1. The number of benzene rings is 3. The van der Waals surface area contributed by atoms with Gasteiger partial charge in [0.1, 0.15) is 11.6 Å². The molecule has 32 heavy (non-hydrogen) atoms. The molecule has 0 bridgehead atoms. The Bertz CT molecular complexity index is 1140. The van der Waals surface area contributed by atoms with E-state index in [4.69, 9.17) is 11.6 Å². The fourth-order valence-electron chi connectivity index (χ4n) is 3.57. The molecule has 0 aliphatic carbocycles. The largest absolute Gasteiger partial charge is 0.324 e. The lowest BCUT2D eigenvalue weighted by Gasteiger charge is -2.35. The van der Waals surface area contributed by atoms with Gasteiger partial charge < -0.3 is 10.2 Å². The zero-order valence-electron chi connectivity index (χ0n) is 17.0. The minimum absolute atomic E-state index is 0.0297. The Hall–Kier alpha value is -3.45. The number of carbonyl (C=O) groups excluding carboxylic acids is 2. The topological polar surface area (TPSA) is 52.7 Å². The molecule has 1 heterocycles. The smallest absolute Gasteiger partial charge is 0.322 e. The number of urea groups is 1. The number of amides is 3. The van der Waals surface area contributed by atoms with Gasteiger partial charge in [-0.15, -0.1) is 0 Å². The Kier molecular flexibility index (Phi) is 6.37. The van der Waals surface area contributed by atoms with Crippen molar-refractivity contribution in [2.75, 3.05) is 23.3 Å². The van der Waals surface area contributed by atoms with Gasteiger partial charge in [0.05, 0.1) is 11.6 Å². The maximum atomic E-state index is 14.3. The fourth-order valence-corrected chi connectivity index (χ4v) is 3.77. The molecule has 3 aromatic carbocycles. The molecule has 0 saturated carbocycles. The fraction of sp³-hybridized carbons (Fsp3) is 0.167. The van der Waals surface area contributed by atoms with Crippen molar-refractivity contribution in [1.82, 2.24) is 4.90 Å². The Morgan fingerprint density at radius 3 is 2.41 bits per heavy atom. The number of nitrogens with zero attached hydrogens (tertiary/aromatic N) is 2. The van der Waals surface area contributed by atoms with Gasteiger partial charge in [0.15, 0.2) is 0 Å². The molecule has 0 aromatic heterocycles. The van der Waals surface area contributed by atoms with Gasteiger partial charge in [0, 0.05) is 35.6 Å². The quantitative estimate of drug-likeness (QED) is 0.536. The Labute approximate surface area is 189 Å². The molecule has 3 aromatic rings. The van der Waals surface area contributed by atoms with Crippen LogP contribution >= 0.6 is 11.6 Å². The Morgan fingerprint density at radius 1 is 0.969 bits per heavy atom. The summed E-state index contributed by atoms with van der Waals surface area (Å²) in [5.74, 6) is -1.29. The summed E-state index contributed by atoms with van der Waals surface area (Å²) in [4.78, 5) is 28.5. The normalized spacial score (nSPS) is 13.9. The highest BCUT2D eigenvalue weighted by atomic mass is 35.5. The molecule has 0 atom stereocenters. The van der Waals surface area contributed by atoms with E-state index < -0.39 is 11.6 Å². The summed E-state index contributed by atoms with van der Waals surface area (Å²) in [5, 5.41) is 2.77. The molecule has 5 nitrogen and oxygen atoms in total. The van der Waals surface area contributed by atoms with Gasteiger partial charge in [-0.3, -0.25) is 9.69 Å². The highest BCUT2D eigenvalue weighted by molar-refractivity contribution is 6.30. The number of anilines is 2. The van der Waals surface area contributed by atoms with E-state index in [2.05, 4.69) is 5.32 Å². The van der Waals surface area contributed by atoms with Crippen molar-refractivity contribution in [3.8, 4) is 0 Å². The predicted octanol–water partition coefficient (Wildman–Crippen LogP) is 5.70. The Balaban J connectivity index is 1.44. The number of hydrogen-bond acceptors (Lipinski definition) is 2. The molecule has 4 rings (SSSR count). The van der Waals surface area contributed by atoms with Gasteiger partial charge in [0.2, 0.25) is 0 Å². The lowest BCUT2D eigenvalue weighted by Crippen LogP contribution is -2.49. The second-order valence-electron chi connectivity index (χ2n) is 7.43. The highest BCUT2D eigenvalue weighted by Gasteiger charge is 2.27. The molecule has 164 valence electrons. The number of rotatable bonds is 5. The lowest BCUT2D eigenvalue weighted by molar-refractivity contribution is 0.102. The van der Waals surface area contributed by atoms with Crippen molar-refractivity contribution in [3.05, 3.63) is 94.5 Å². The number of carbonyl (C=O) groups is 2. The molecular formula is C24H20ClF2N3O2. The van der Waals surface area contributed by atoms with Crippen LogP contribution in [0.3, 0.4) is 0 Å². The van der Waals surface area contributed by atoms with E-state index in [1.807, 2.05) is 0 Å². The van der Waals surface area contributed by atoms with E-state index in [9.17, 15) is 18.4 Å². The monoisotopic (exact) mass is 455 g/mol. The average molecular weight is 456 g/mol. The van der Waals surface area contributed by atoms with Crippen LogP contribution in [0.5, 0.6) is 0 Å². The maximum absolute atomic E-state index is 14.3. The molecule has 1 aliphatic rings. The van der Waals surface area contributed by atoms with Gasteiger partial charge in [-0.25, -0.2) is 13.6 Å². The first-order valence-corrected chi connectivity index (χ1v) is 10.5. The van der Waals surface area contributed by atoms with E-state index in [1.54, 1.807) is 46.2 Å². The zero-order chi connectivity index (χ0) is 22.7. The van der Waals surface area contributed by atoms with Crippen LogP contribution in [0.15, 0.2) is 66.7 Å². The van der Waals surface area contributed by atoms with E-state index in [-0.39, 0.29) is 23.5 Å². The van der Waals surface area contributed by atoms with Gasteiger partial charge >= 0.3 is 6.03 Å². The van der Waals surface area contributed by atoms with Gasteiger partial charge in [-0.2, -0.15) is 0 Å². The third kappa shape index (κ3) is 4.73. The number of nitrogens with one attached hydrogen (secondary N) is 1. The molecule has 1 N–H and O–H groups in total. The first kappa shape index (κ1) is 21.8. The Morgan fingerprint density at radius 2 is 1.69 bits per heavy atom. The van der Waals surface area contributed by atoms with Crippen LogP contribution in [-0.2, 0) is 6.54 Å². The molecule has 0 radical (unpaired) electrons. The minimum atomic E-state index is -0.514. The van der Waals surface area contributed by atoms with Crippen LogP contribution in [-0.4, -0.2) is 29.9 Å². The van der Waals surface area contributed by atoms with E-state index in [0.29, 0.717) is 35.6 Å². The van der Waals surface area contributed by atoms with Crippen LogP contribution in [0.25, 0.3) is 0 Å². The lowest BCUT2D eigenvalue weighted by atomic mass is 10.1. The summed E-state index contributed by atoms with van der Waals surface area (Å²) in [6.45, 7) is 1.19. The first-order chi connectivity index (χ1) is 15.4. The van der Waals surface area contributed by atoms with Crippen molar-refractivity contribution in [2.45, 2.75) is 13.0 Å². The second-order valence-corrected chi connectivity index (χ2v) is 7.84. The molecule has 1 saturated heterocycles. The van der Waals surface area contributed by atoms with Crippen molar-refractivity contribution in [1.29, 1.82) is 0 Å². The summed E-state index contributed by atoms with van der Waals surface area (Å²) >= 11 is 5.85. The van der Waals surface area contributed by atoms with Crippen LogP contribution in [0.1, 0.15) is 22.3 Å². The van der Waals surface area contributed by atoms with Crippen molar-refractivity contribution in [3.63, 3.8) is 0 Å². The van der Waals surface area contributed by atoms with Crippen LogP contribution in [0.2, 0.25) is 5.02 Å². The second kappa shape index (κ2) is 9.36. The molecule has 3 amide bonds. The van der Waals surface area contributed by atoms with Gasteiger partial charge in [0.25, 0.3) is 5.91 Å². The van der Waals surface area contributed by atoms with E-state index in [1.165, 1.54) is 30.3 Å². The van der Waals surface area contributed by atoms with Gasteiger partial charge in [-0.1, -0.05) is 23.7 Å². The molecule has 0 spiro atoms. The standard InChI is InChI=1S/C24H20ClF2N3O2/c25-21-4-1-3-17(22(21)27)15-29-13-2-14-30(24(29)32)20-11-9-19(10-12-20)28-23(31)16-5-7-18(26)8-6-16/h1,3-12H,2,13-15H2,(H,28,31). The van der Waals surface area contributed by atoms with Crippen LogP contribution < -0.4 is 10.2 Å². The van der Waals surface area contributed by atoms with Crippen LogP contribution in [0.4, 0.5) is 25.0 Å². The molecular weight excluding hydrogens is 436 g/mol. The predicted molar refractivity (Wildman–Crippen MR) is 120 cm³/mol. The molecule has 1 fully saturated rings. The van der Waals surface area contributed by atoms with Gasteiger partial charge in [-0.05, 0) is 61.0 Å². The molecule has 8 heteroatoms. The van der Waals surface area contributed by atoms with Crippen molar-refractivity contribution in [2.24, 2.45) is 0 Å². The summed E-state index contributed by atoms with van der Waals surface area (Å²) in [6.07, 6.45) is 0.733. The summed E-state index contributed by atoms with van der Waals surface area (Å²) in [7, 11) is 0.